The number of anilines is 1. The lowest BCUT2D eigenvalue weighted by Gasteiger charge is -2.25. The van der Waals surface area contributed by atoms with Crippen molar-refractivity contribution < 1.29 is 8.78 Å². The van der Waals surface area contributed by atoms with Crippen molar-refractivity contribution in [2.24, 2.45) is 5.73 Å². The topological polar surface area (TPSA) is 29.3 Å². The zero-order chi connectivity index (χ0) is 14.4. The van der Waals surface area contributed by atoms with E-state index >= 15 is 0 Å². The van der Waals surface area contributed by atoms with Crippen LogP contribution >= 0.6 is 0 Å². The number of halogens is 2. The molecular weight excluding hydrogens is 246 g/mol. The molecule has 0 radical (unpaired) electrons. The van der Waals surface area contributed by atoms with Gasteiger partial charge < -0.3 is 10.6 Å². The van der Waals surface area contributed by atoms with E-state index in [-0.39, 0.29) is 11.7 Å². The van der Waals surface area contributed by atoms with Crippen LogP contribution in [0.25, 0.3) is 0 Å². The molecule has 0 heterocycles. The third-order valence-electron chi connectivity index (χ3n) is 2.94. The maximum absolute atomic E-state index is 14.1. The minimum atomic E-state index is -0.488. The quantitative estimate of drug-likeness (QED) is 0.822. The summed E-state index contributed by atoms with van der Waals surface area (Å²) in [5.74, 6) is -0.977. The second-order valence-corrected chi connectivity index (χ2v) is 5.08. The Morgan fingerprint density at radius 1 is 1.11 bits per heavy atom. The van der Waals surface area contributed by atoms with Crippen LogP contribution in [0.1, 0.15) is 39.2 Å². The van der Waals surface area contributed by atoms with Gasteiger partial charge in [-0.05, 0) is 43.9 Å². The summed E-state index contributed by atoms with van der Waals surface area (Å²) >= 11 is 0. The molecule has 0 amide bonds. The van der Waals surface area contributed by atoms with Gasteiger partial charge in [0.05, 0.1) is 0 Å². The monoisotopic (exact) mass is 270 g/mol. The summed E-state index contributed by atoms with van der Waals surface area (Å²) in [6, 6.07) is 2.70. The molecule has 0 aliphatic heterocycles. The fourth-order valence-corrected chi connectivity index (χ4v) is 2.28. The summed E-state index contributed by atoms with van der Waals surface area (Å²) in [7, 11) is 0. The molecule has 1 aromatic carbocycles. The van der Waals surface area contributed by atoms with Crippen LogP contribution in [0.4, 0.5) is 14.5 Å². The molecule has 0 fully saturated rings. The molecule has 108 valence electrons. The second-order valence-electron chi connectivity index (χ2n) is 5.08. The third kappa shape index (κ3) is 4.46. The van der Waals surface area contributed by atoms with Crippen LogP contribution in [0.2, 0.25) is 0 Å². The van der Waals surface area contributed by atoms with Crippen molar-refractivity contribution in [2.45, 2.75) is 46.1 Å². The third-order valence-corrected chi connectivity index (χ3v) is 2.94. The fourth-order valence-electron chi connectivity index (χ4n) is 2.28. The molecule has 0 spiro atoms. The molecule has 4 heteroatoms. The smallest absolute Gasteiger partial charge is 0.149 e. The van der Waals surface area contributed by atoms with Crippen LogP contribution in [0.5, 0.6) is 0 Å². The van der Waals surface area contributed by atoms with Gasteiger partial charge in [-0.15, -0.1) is 0 Å². The summed E-state index contributed by atoms with van der Waals surface area (Å²) in [4.78, 5) is 1.78. The van der Waals surface area contributed by atoms with Crippen molar-refractivity contribution in [2.75, 3.05) is 18.0 Å². The Morgan fingerprint density at radius 2 is 1.58 bits per heavy atom. The summed E-state index contributed by atoms with van der Waals surface area (Å²) in [6.45, 7) is 7.15. The van der Waals surface area contributed by atoms with E-state index in [9.17, 15) is 8.78 Å². The second kappa shape index (κ2) is 7.43. The highest BCUT2D eigenvalue weighted by Gasteiger charge is 2.17. The Hall–Kier alpha value is -1.16. The van der Waals surface area contributed by atoms with Crippen LogP contribution in [0, 0.1) is 11.6 Å². The molecule has 0 bridgehead atoms. The Morgan fingerprint density at radius 3 is 1.95 bits per heavy atom. The first-order valence-corrected chi connectivity index (χ1v) is 6.98. The molecule has 1 unspecified atom stereocenters. The lowest BCUT2D eigenvalue weighted by Crippen LogP contribution is -2.27. The maximum atomic E-state index is 14.1. The molecule has 0 saturated heterocycles. The van der Waals surface area contributed by atoms with Crippen molar-refractivity contribution in [3.05, 3.63) is 29.3 Å². The van der Waals surface area contributed by atoms with E-state index in [2.05, 4.69) is 0 Å². The van der Waals surface area contributed by atoms with Crippen molar-refractivity contribution in [3.63, 3.8) is 0 Å². The van der Waals surface area contributed by atoms with Gasteiger partial charge in [-0.2, -0.15) is 0 Å². The summed E-state index contributed by atoms with van der Waals surface area (Å²) < 4.78 is 28.3. The average Bonchev–Trinajstić information content (AvgIpc) is 2.27. The van der Waals surface area contributed by atoms with Crippen molar-refractivity contribution in [3.8, 4) is 0 Å². The fraction of sp³-hybridized carbons (Fsp3) is 0.600. The number of hydrogen-bond acceptors (Lipinski definition) is 2. The molecule has 0 aliphatic carbocycles. The van der Waals surface area contributed by atoms with Crippen LogP contribution in [0.15, 0.2) is 12.1 Å². The van der Waals surface area contributed by atoms with Gasteiger partial charge in [0.15, 0.2) is 0 Å². The van der Waals surface area contributed by atoms with E-state index in [1.807, 2.05) is 20.8 Å². The number of rotatable bonds is 7. The number of hydrogen-bond donors (Lipinski definition) is 1. The zero-order valence-electron chi connectivity index (χ0n) is 12.0. The van der Waals surface area contributed by atoms with Crippen LogP contribution < -0.4 is 10.6 Å². The van der Waals surface area contributed by atoms with Crippen molar-refractivity contribution >= 4 is 5.69 Å². The normalized spacial score (nSPS) is 12.5. The van der Waals surface area contributed by atoms with Crippen molar-refractivity contribution in [1.82, 2.24) is 0 Å². The van der Waals surface area contributed by atoms with E-state index in [0.29, 0.717) is 25.1 Å². The largest absolute Gasteiger partial charge is 0.367 e. The highest BCUT2D eigenvalue weighted by atomic mass is 19.1. The van der Waals surface area contributed by atoms with Crippen molar-refractivity contribution in [1.29, 1.82) is 0 Å². The number of nitrogens with zero attached hydrogens (tertiary/aromatic N) is 1. The average molecular weight is 270 g/mol. The van der Waals surface area contributed by atoms with E-state index in [0.717, 1.165) is 12.8 Å². The minimum Gasteiger partial charge on any atom is -0.367 e. The molecule has 0 aromatic heterocycles. The maximum Gasteiger partial charge on any atom is 0.149 e. The summed E-state index contributed by atoms with van der Waals surface area (Å²) in [6.07, 6.45) is 2.20. The van der Waals surface area contributed by atoms with Crippen LogP contribution in [-0.2, 0) is 6.42 Å². The van der Waals surface area contributed by atoms with E-state index in [4.69, 9.17) is 5.73 Å². The first-order valence-electron chi connectivity index (χ1n) is 6.98. The predicted molar refractivity (Wildman–Crippen MR) is 76.5 cm³/mol. The molecule has 0 aliphatic rings. The van der Waals surface area contributed by atoms with Crippen LogP contribution in [-0.4, -0.2) is 19.1 Å². The van der Waals surface area contributed by atoms with Gasteiger partial charge in [-0.1, -0.05) is 13.8 Å². The molecular formula is C15H24F2N2. The van der Waals surface area contributed by atoms with Gasteiger partial charge in [0.1, 0.15) is 17.3 Å². The SMILES string of the molecule is CCCN(CCC)c1c(F)cc(CC(C)N)cc1F. The molecule has 2 nitrogen and oxygen atoms in total. The van der Waals surface area contributed by atoms with Gasteiger partial charge >= 0.3 is 0 Å². The van der Waals surface area contributed by atoms with Gasteiger partial charge in [0.2, 0.25) is 0 Å². The van der Waals surface area contributed by atoms with Crippen LogP contribution in [0.3, 0.4) is 0 Å². The van der Waals surface area contributed by atoms with E-state index in [1.54, 1.807) is 4.90 Å². The Labute approximate surface area is 114 Å². The molecule has 19 heavy (non-hydrogen) atoms. The van der Waals surface area contributed by atoms with E-state index in [1.165, 1.54) is 12.1 Å². The molecule has 1 aromatic rings. The lowest BCUT2D eigenvalue weighted by atomic mass is 10.1. The Balaban J connectivity index is 3.06. The summed E-state index contributed by atoms with van der Waals surface area (Å²) in [5, 5.41) is 0. The molecule has 1 atom stereocenters. The highest BCUT2D eigenvalue weighted by molar-refractivity contribution is 5.50. The Bertz CT molecular complexity index is 376. The first kappa shape index (κ1) is 15.9. The molecule has 0 saturated carbocycles. The van der Waals surface area contributed by atoms with Gasteiger partial charge in [0.25, 0.3) is 0 Å². The van der Waals surface area contributed by atoms with Gasteiger partial charge in [-0.3, -0.25) is 0 Å². The number of nitrogens with two attached hydrogens (primary N) is 1. The standard InChI is InChI=1S/C15H24F2N2/c1-4-6-19(7-5-2)15-13(16)9-12(8-11(3)18)10-14(15)17/h9-11H,4-8,18H2,1-3H3. The molecule has 1 rings (SSSR count). The first-order chi connectivity index (χ1) is 8.99. The Kier molecular flexibility index (Phi) is 6.22. The summed E-state index contributed by atoms with van der Waals surface area (Å²) in [5.41, 5.74) is 6.37. The highest BCUT2D eigenvalue weighted by Crippen LogP contribution is 2.26. The zero-order valence-corrected chi connectivity index (χ0v) is 12.0. The predicted octanol–water partition coefficient (Wildman–Crippen LogP) is 3.48. The van der Waals surface area contributed by atoms with Gasteiger partial charge in [0, 0.05) is 19.1 Å². The lowest BCUT2D eigenvalue weighted by molar-refractivity contribution is 0.562. The minimum absolute atomic E-state index is 0.0946. The van der Waals surface area contributed by atoms with E-state index < -0.39 is 11.6 Å². The molecule has 2 N–H and O–H groups in total. The number of benzene rings is 1. The van der Waals surface area contributed by atoms with Gasteiger partial charge in [-0.25, -0.2) is 8.78 Å².